The van der Waals surface area contributed by atoms with Crippen LogP contribution in [0.5, 0.6) is 0 Å². The van der Waals surface area contributed by atoms with Crippen molar-refractivity contribution in [3.05, 3.63) is 17.7 Å². The van der Waals surface area contributed by atoms with Crippen molar-refractivity contribution in [1.82, 2.24) is 9.97 Å². The molecule has 0 saturated heterocycles. The van der Waals surface area contributed by atoms with Crippen LogP contribution in [-0.2, 0) is 0 Å². The van der Waals surface area contributed by atoms with Crippen LogP contribution >= 0.6 is 0 Å². The van der Waals surface area contributed by atoms with Gasteiger partial charge in [0, 0.05) is 18.3 Å². The van der Waals surface area contributed by atoms with Gasteiger partial charge in [0.05, 0.1) is 0 Å². The van der Waals surface area contributed by atoms with Crippen molar-refractivity contribution < 1.29 is 4.79 Å². The van der Waals surface area contributed by atoms with Crippen molar-refractivity contribution in [2.24, 2.45) is 0 Å². The van der Waals surface area contributed by atoms with Crippen LogP contribution in [-0.4, -0.2) is 15.8 Å². The summed E-state index contributed by atoms with van der Waals surface area (Å²) in [7, 11) is 0. The van der Waals surface area contributed by atoms with Gasteiger partial charge in [-0.05, 0) is 6.92 Å². The minimum Gasteiger partial charge on any atom is -0.340 e. The molecule has 1 rings (SSSR count). The minimum absolute atomic E-state index is 0.0631. The average Bonchev–Trinajstić information content (AvgIpc) is 2.34. The van der Waals surface area contributed by atoms with Crippen molar-refractivity contribution in [1.29, 1.82) is 0 Å². The largest absolute Gasteiger partial charge is 0.340 e. The molecule has 0 radical (unpaired) electrons. The first kappa shape index (κ1) is 6.99. The van der Waals surface area contributed by atoms with E-state index in [1.165, 1.54) is 0 Å². The number of aromatic amines is 1. The number of H-pyrrole nitrogens is 1. The smallest absolute Gasteiger partial charge is 0.197 e. The number of aryl methyl sites for hydroxylation is 1. The molecule has 54 valence electrons. The lowest BCUT2D eigenvalue weighted by Crippen LogP contribution is -1.98. The Hall–Kier alpha value is -1.12. The topological polar surface area (TPSA) is 45.8 Å². The number of Topliss-reactive ketones (excluding diaryl/α,β-unsaturated/α-hetero) is 1. The molecule has 3 heteroatoms. The molecular formula is C7H10N2O. The molecule has 0 aromatic carbocycles. The summed E-state index contributed by atoms with van der Waals surface area (Å²) in [6.45, 7) is 3.69. The number of aromatic nitrogens is 2. The molecule has 1 heterocycles. The van der Waals surface area contributed by atoms with Crippen LogP contribution in [0.25, 0.3) is 0 Å². The molecule has 0 spiro atoms. The van der Waals surface area contributed by atoms with Crippen LogP contribution in [0.4, 0.5) is 0 Å². The predicted octanol–water partition coefficient (Wildman–Crippen LogP) is 1.31. The van der Waals surface area contributed by atoms with Gasteiger partial charge in [-0.1, -0.05) is 6.92 Å². The summed E-state index contributed by atoms with van der Waals surface area (Å²) in [5.41, 5.74) is 0.928. The van der Waals surface area contributed by atoms with Gasteiger partial charge in [0.2, 0.25) is 0 Å². The summed E-state index contributed by atoms with van der Waals surface area (Å²) < 4.78 is 0. The third-order valence-electron chi connectivity index (χ3n) is 1.29. The van der Waals surface area contributed by atoms with Crippen LogP contribution in [0.2, 0.25) is 0 Å². The molecule has 0 unspecified atom stereocenters. The Kier molecular flexibility index (Phi) is 1.85. The fourth-order valence-corrected chi connectivity index (χ4v) is 0.722. The van der Waals surface area contributed by atoms with Crippen molar-refractivity contribution in [3.63, 3.8) is 0 Å². The fraction of sp³-hybridized carbons (Fsp3) is 0.429. The highest BCUT2D eigenvalue weighted by Crippen LogP contribution is 1.97. The number of carbonyl (C=O) groups excluding carboxylic acids is 1. The van der Waals surface area contributed by atoms with E-state index in [1.54, 1.807) is 6.20 Å². The van der Waals surface area contributed by atoms with E-state index in [-0.39, 0.29) is 5.78 Å². The Morgan fingerprint density at radius 2 is 2.50 bits per heavy atom. The number of carbonyl (C=O) groups is 1. The van der Waals surface area contributed by atoms with Crippen molar-refractivity contribution in [2.75, 3.05) is 0 Å². The van der Waals surface area contributed by atoms with Crippen LogP contribution in [0.3, 0.4) is 0 Å². The highest BCUT2D eigenvalue weighted by atomic mass is 16.1. The second kappa shape index (κ2) is 2.64. The third-order valence-corrected chi connectivity index (χ3v) is 1.29. The molecule has 0 aliphatic heterocycles. The lowest BCUT2D eigenvalue weighted by molar-refractivity contribution is 0.0979. The van der Waals surface area contributed by atoms with Crippen molar-refractivity contribution >= 4 is 5.78 Å². The Morgan fingerprint density at radius 3 is 2.90 bits per heavy atom. The Labute approximate surface area is 59.5 Å². The number of hydrogen-bond donors (Lipinski definition) is 1. The molecule has 0 atom stereocenters. The van der Waals surface area contributed by atoms with Gasteiger partial charge in [0.25, 0.3) is 0 Å². The van der Waals surface area contributed by atoms with E-state index in [0.717, 1.165) is 5.69 Å². The SMILES string of the molecule is CCC(=O)c1ncc(C)[nH]1. The lowest BCUT2D eigenvalue weighted by Gasteiger charge is -1.87. The first-order valence-corrected chi connectivity index (χ1v) is 3.29. The predicted molar refractivity (Wildman–Crippen MR) is 37.9 cm³/mol. The summed E-state index contributed by atoms with van der Waals surface area (Å²) in [5.74, 6) is 0.535. The second-order valence-electron chi connectivity index (χ2n) is 2.19. The molecule has 0 amide bonds. The number of ketones is 1. The fourth-order valence-electron chi connectivity index (χ4n) is 0.722. The van der Waals surface area contributed by atoms with Crippen LogP contribution < -0.4 is 0 Å². The number of nitrogens with one attached hydrogen (secondary N) is 1. The minimum atomic E-state index is 0.0631. The van der Waals surface area contributed by atoms with E-state index in [2.05, 4.69) is 9.97 Å². The molecule has 0 aliphatic rings. The van der Waals surface area contributed by atoms with E-state index in [0.29, 0.717) is 12.2 Å². The molecule has 3 nitrogen and oxygen atoms in total. The van der Waals surface area contributed by atoms with E-state index in [9.17, 15) is 4.79 Å². The average molecular weight is 138 g/mol. The molecule has 0 saturated carbocycles. The van der Waals surface area contributed by atoms with Crippen molar-refractivity contribution in [3.8, 4) is 0 Å². The van der Waals surface area contributed by atoms with Gasteiger partial charge in [0.1, 0.15) is 0 Å². The number of rotatable bonds is 2. The summed E-state index contributed by atoms with van der Waals surface area (Å²) in [6, 6.07) is 0. The van der Waals surface area contributed by atoms with Gasteiger partial charge in [-0.25, -0.2) is 4.98 Å². The molecular weight excluding hydrogens is 128 g/mol. The zero-order valence-corrected chi connectivity index (χ0v) is 6.14. The maximum absolute atomic E-state index is 10.9. The van der Waals surface area contributed by atoms with Crippen LogP contribution in [0, 0.1) is 6.92 Å². The number of nitrogens with zero attached hydrogens (tertiary/aromatic N) is 1. The molecule has 0 bridgehead atoms. The second-order valence-corrected chi connectivity index (χ2v) is 2.19. The standard InChI is InChI=1S/C7H10N2O/c1-3-6(10)7-8-4-5(2)9-7/h4H,3H2,1-2H3,(H,8,9). The lowest BCUT2D eigenvalue weighted by atomic mass is 10.3. The quantitative estimate of drug-likeness (QED) is 0.626. The molecule has 10 heavy (non-hydrogen) atoms. The first-order chi connectivity index (χ1) is 4.74. The van der Waals surface area contributed by atoms with Crippen molar-refractivity contribution in [2.45, 2.75) is 20.3 Å². The van der Waals surface area contributed by atoms with E-state index >= 15 is 0 Å². The molecule has 0 fully saturated rings. The summed E-state index contributed by atoms with van der Waals surface area (Å²) in [5, 5.41) is 0. The monoisotopic (exact) mass is 138 g/mol. The highest BCUT2D eigenvalue weighted by Gasteiger charge is 2.04. The van der Waals surface area contributed by atoms with Gasteiger partial charge in [-0.2, -0.15) is 0 Å². The van der Waals surface area contributed by atoms with Gasteiger partial charge in [-0.3, -0.25) is 4.79 Å². The van der Waals surface area contributed by atoms with Crippen LogP contribution in [0.15, 0.2) is 6.20 Å². The number of imidazole rings is 1. The zero-order valence-electron chi connectivity index (χ0n) is 6.14. The molecule has 1 aromatic rings. The van der Waals surface area contributed by atoms with Gasteiger partial charge < -0.3 is 4.98 Å². The maximum Gasteiger partial charge on any atom is 0.197 e. The van der Waals surface area contributed by atoms with E-state index < -0.39 is 0 Å². The van der Waals surface area contributed by atoms with E-state index in [1.807, 2.05) is 13.8 Å². The summed E-state index contributed by atoms with van der Waals surface area (Å²) in [6.07, 6.45) is 2.16. The number of hydrogen-bond acceptors (Lipinski definition) is 2. The molecule has 1 aromatic heterocycles. The van der Waals surface area contributed by atoms with Gasteiger partial charge in [-0.15, -0.1) is 0 Å². The normalized spacial score (nSPS) is 9.80. The molecule has 1 N–H and O–H groups in total. The third kappa shape index (κ3) is 1.23. The maximum atomic E-state index is 10.9. The van der Waals surface area contributed by atoms with Crippen LogP contribution in [0.1, 0.15) is 29.7 Å². The Bertz CT molecular complexity index is 240. The first-order valence-electron chi connectivity index (χ1n) is 3.29. The van der Waals surface area contributed by atoms with Gasteiger partial charge >= 0.3 is 0 Å². The van der Waals surface area contributed by atoms with E-state index in [4.69, 9.17) is 0 Å². The van der Waals surface area contributed by atoms with Gasteiger partial charge in [0.15, 0.2) is 11.6 Å². The Morgan fingerprint density at radius 1 is 1.80 bits per heavy atom. The summed E-state index contributed by atoms with van der Waals surface area (Å²) in [4.78, 5) is 17.7. The summed E-state index contributed by atoms with van der Waals surface area (Å²) >= 11 is 0. The zero-order chi connectivity index (χ0) is 7.56. The molecule has 0 aliphatic carbocycles. The highest BCUT2D eigenvalue weighted by molar-refractivity contribution is 5.92. The Balaban J connectivity index is 2.85.